The minimum atomic E-state index is -0.272. The molecule has 0 amide bonds. The van der Waals surface area contributed by atoms with Gasteiger partial charge in [0.1, 0.15) is 18.1 Å². The van der Waals surface area contributed by atoms with Gasteiger partial charge in [-0.1, -0.05) is 28.1 Å². The van der Waals surface area contributed by atoms with Gasteiger partial charge in [0.25, 0.3) is 0 Å². The Kier molecular flexibility index (Phi) is 3.56. The third kappa shape index (κ3) is 2.42. The van der Waals surface area contributed by atoms with E-state index in [9.17, 15) is 4.79 Å². The molecular formula is C19H15BrN4O2. The molecule has 6 nitrogen and oxygen atoms in total. The quantitative estimate of drug-likeness (QED) is 0.689. The maximum atomic E-state index is 13.1. The summed E-state index contributed by atoms with van der Waals surface area (Å²) in [6, 6.07) is 11.5. The van der Waals surface area contributed by atoms with Crippen LogP contribution in [-0.2, 0) is 4.79 Å². The van der Waals surface area contributed by atoms with Crippen LogP contribution in [0.2, 0.25) is 0 Å². The first-order valence-electron chi connectivity index (χ1n) is 8.42. The number of rotatable bonds is 2. The molecule has 26 heavy (non-hydrogen) atoms. The maximum Gasteiger partial charge on any atom is 0.226 e. The summed E-state index contributed by atoms with van der Waals surface area (Å²) in [5, 5.41) is 7.67. The Balaban J connectivity index is 1.63. The molecule has 0 saturated carbocycles. The number of allylic oxidation sites excluding steroid dienone is 2. The predicted molar refractivity (Wildman–Crippen MR) is 98.6 cm³/mol. The Bertz CT molecular complexity index is 1020. The number of nitrogens with one attached hydrogen (secondary N) is 1. The SMILES string of the molecule is O=C1CC(c2ccco2)CC2=C1C(c1cccc(Br)c1)n1ncnc1N2. The van der Waals surface area contributed by atoms with E-state index in [0.717, 1.165) is 27.1 Å². The standard InChI is InChI=1S/C19H15BrN4O2/c20-13-4-1-3-11(7-13)18-17-14(23-19-21-10-22-24(18)19)8-12(9-15(17)25)16-5-2-6-26-16/h1-7,10,12,18H,8-9H2,(H,21,22,23). The number of halogens is 1. The molecule has 1 N–H and O–H groups in total. The molecule has 0 bridgehead atoms. The van der Waals surface area contributed by atoms with Crippen LogP contribution in [0, 0.1) is 0 Å². The molecule has 3 heterocycles. The number of ketones is 1. The van der Waals surface area contributed by atoms with Crippen molar-refractivity contribution in [2.24, 2.45) is 0 Å². The van der Waals surface area contributed by atoms with Crippen LogP contribution in [0.5, 0.6) is 0 Å². The molecule has 0 radical (unpaired) electrons. The molecule has 130 valence electrons. The minimum Gasteiger partial charge on any atom is -0.469 e. The Labute approximate surface area is 158 Å². The highest BCUT2D eigenvalue weighted by atomic mass is 79.9. The van der Waals surface area contributed by atoms with Gasteiger partial charge in [0.2, 0.25) is 5.95 Å². The molecule has 5 rings (SSSR count). The van der Waals surface area contributed by atoms with Crippen LogP contribution in [0.3, 0.4) is 0 Å². The summed E-state index contributed by atoms with van der Waals surface area (Å²) < 4.78 is 8.29. The molecule has 1 aliphatic heterocycles. The van der Waals surface area contributed by atoms with E-state index >= 15 is 0 Å². The lowest BCUT2D eigenvalue weighted by molar-refractivity contribution is -0.117. The second-order valence-electron chi connectivity index (χ2n) is 6.55. The van der Waals surface area contributed by atoms with Crippen molar-refractivity contribution >= 4 is 27.7 Å². The number of hydrogen-bond donors (Lipinski definition) is 1. The Morgan fingerprint density at radius 3 is 2.96 bits per heavy atom. The van der Waals surface area contributed by atoms with Crippen LogP contribution >= 0.6 is 15.9 Å². The number of carbonyl (C=O) groups excluding carboxylic acids is 1. The van der Waals surface area contributed by atoms with E-state index in [1.165, 1.54) is 6.33 Å². The molecule has 3 aromatic rings. The van der Waals surface area contributed by atoms with Crippen molar-refractivity contribution < 1.29 is 9.21 Å². The Morgan fingerprint density at radius 1 is 1.23 bits per heavy atom. The first kappa shape index (κ1) is 15.6. The number of Topliss-reactive ketones (excluding diaryl/α,β-unsaturated/α-hetero) is 1. The molecule has 1 aliphatic carbocycles. The lowest BCUT2D eigenvalue weighted by atomic mass is 9.79. The summed E-state index contributed by atoms with van der Waals surface area (Å²) in [7, 11) is 0. The molecule has 0 saturated heterocycles. The van der Waals surface area contributed by atoms with Gasteiger partial charge in [-0.15, -0.1) is 0 Å². The smallest absolute Gasteiger partial charge is 0.226 e. The summed E-state index contributed by atoms with van der Waals surface area (Å²) in [4.78, 5) is 17.4. The third-order valence-corrected chi connectivity index (χ3v) is 5.46. The topological polar surface area (TPSA) is 73.0 Å². The first-order chi connectivity index (χ1) is 12.7. The average molecular weight is 411 g/mol. The Morgan fingerprint density at radius 2 is 2.15 bits per heavy atom. The molecule has 0 spiro atoms. The second kappa shape index (κ2) is 5.95. The normalized spacial score (nSPS) is 22.0. The van der Waals surface area contributed by atoms with Crippen LogP contribution in [0.25, 0.3) is 0 Å². The van der Waals surface area contributed by atoms with Crippen molar-refractivity contribution in [1.82, 2.24) is 14.8 Å². The van der Waals surface area contributed by atoms with Gasteiger partial charge in [-0.2, -0.15) is 10.1 Å². The van der Waals surface area contributed by atoms with Crippen molar-refractivity contribution in [3.05, 3.63) is 76.1 Å². The van der Waals surface area contributed by atoms with Gasteiger partial charge < -0.3 is 9.73 Å². The summed E-state index contributed by atoms with van der Waals surface area (Å²) >= 11 is 3.52. The van der Waals surface area contributed by atoms with Crippen LogP contribution in [0.15, 0.2) is 69.1 Å². The van der Waals surface area contributed by atoms with Crippen LogP contribution < -0.4 is 5.32 Å². The van der Waals surface area contributed by atoms with Gasteiger partial charge >= 0.3 is 0 Å². The Hall–Kier alpha value is -2.67. The zero-order chi connectivity index (χ0) is 17.7. The lowest BCUT2D eigenvalue weighted by Crippen LogP contribution is -2.33. The largest absolute Gasteiger partial charge is 0.469 e. The summed E-state index contributed by atoms with van der Waals surface area (Å²) in [6.45, 7) is 0. The highest BCUT2D eigenvalue weighted by molar-refractivity contribution is 9.10. The van der Waals surface area contributed by atoms with Gasteiger partial charge in [0, 0.05) is 28.1 Å². The number of nitrogens with zero attached hydrogens (tertiary/aromatic N) is 3. The van der Waals surface area contributed by atoms with Crippen LogP contribution in [-0.4, -0.2) is 20.5 Å². The number of hydrogen-bond acceptors (Lipinski definition) is 5. The van der Waals surface area contributed by atoms with Crippen LogP contribution in [0.4, 0.5) is 5.95 Å². The minimum absolute atomic E-state index is 0.0429. The molecule has 1 aromatic carbocycles. The fourth-order valence-electron chi connectivity index (χ4n) is 3.86. The van der Waals surface area contributed by atoms with E-state index in [1.807, 2.05) is 36.4 Å². The average Bonchev–Trinajstić information content (AvgIpc) is 3.31. The van der Waals surface area contributed by atoms with E-state index in [0.29, 0.717) is 18.8 Å². The zero-order valence-corrected chi connectivity index (χ0v) is 15.3. The molecular weight excluding hydrogens is 396 g/mol. The number of furan rings is 1. The van der Waals surface area contributed by atoms with Crippen LogP contribution in [0.1, 0.15) is 36.1 Å². The molecule has 2 atom stereocenters. The first-order valence-corrected chi connectivity index (χ1v) is 9.21. The highest BCUT2D eigenvalue weighted by Gasteiger charge is 2.39. The van der Waals surface area contributed by atoms with E-state index in [2.05, 4.69) is 31.3 Å². The van der Waals surface area contributed by atoms with Crippen molar-refractivity contribution in [3.8, 4) is 0 Å². The van der Waals surface area contributed by atoms with Gasteiger partial charge in [-0.3, -0.25) is 4.79 Å². The predicted octanol–water partition coefficient (Wildman–Crippen LogP) is 4.05. The summed E-state index contributed by atoms with van der Waals surface area (Å²) in [5.41, 5.74) is 2.68. The summed E-state index contributed by atoms with van der Waals surface area (Å²) in [6.07, 6.45) is 4.31. The van der Waals surface area contributed by atoms with Crippen molar-refractivity contribution in [3.63, 3.8) is 0 Å². The third-order valence-electron chi connectivity index (χ3n) is 4.97. The highest BCUT2D eigenvalue weighted by Crippen LogP contribution is 2.44. The number of aromatic nitrogens is 3. The van der Waals surface area contributed by atoms with E-state index in [-0.39, 0.29) is 17.7 Å². The van der Waals surface area contributed by atoms with Crippen molar-refractivity contribution in [2.75, 3.05) is 5.32 Å². The second-order valence-corrected chi connectivity index (χ2v) is 7.46. The number of carbonyl (C=O) groups is 1. The van der Waals surface area contributed by atoms with Gasteiger partial charge in [-0.05, 0) is 36.2 Å². The van der Waals surface area contributed by atoms with Crippen molar-refractivity contribution in [1.29, 1.82) is 0 Å². The maximum absolute atomic E-state index is 13.1. The zero-order valence-electron chi connectivity index (χ0n) is 13.7. The van der Waals surface area contributed by atoms with Gasteiger partial charge in [0.15, 0.2) is 5.78 Å². The van der Waals surface area contributed by atoms with E-state index < -0.39 is 0 Å². The number of benzene rings is 1. The molecule has 7 heteroatoms. The van der Waals surface area contributed by atoms with E-state index in [4.69, 9.17) is 4.42 Å². The molecule has 2 aliphatic rings. The lowest BCUT2D eigenvalue weighted by Gasteiger charge is -2.34. The fourth-order valence-corrected chi connectivity index (χ4v) is 4.28. The fraction of sp³-hybridized carbons (Fsp3) is 0.211. The van der Waals surface area contributed by atoms with Crippen molar-refractivity contribution in [2.45, 2.75) is 24.8 Å². The van der Waals surface area contributed by atoms with E-state index in [1.54, 1.807) is 10.9 Å². The molecule has 2 unspecified atom stereocenters. The summed E-state index contributed by atoms with van der Waals surface area (Å²) in [5.74, 6) is 1.66. The monoisotopic (exact) mass is 410 g/mol. The molecule has 0 fully saturated rings. The number of fused-ring (bicyclic) bond motifs is 1. The molecule has 2 aromatic heterocycles. The van der Waals surface area contributed by atoms with Gasteiger partial charge in [-0.25, -0.2) is 4.68 Å². The van der Waals surface area contributed by atoms with Gasteiger partial charge in [0.05, 0.1) is 6.26 Å². The number of anilines is 1.